The van der Waals surface area contributed by atoms with Gasteiger partial charge in [-0.2, -0.15) is 0 Å². The van der Waals surface area contributed by atoms with Crippen LogP contribution < -0.4 is 5.73 Å². The zero-order valence-electron chi connectivity index (χ0n) is 13.9. The maximum absolute atomic E-state index is 12.8. The van der Waals surface area contributed by atoms with Crippen molar-refractivity contribution >= 4 is 30.7 Å². The van der Waals surface area contributed by atoms with Gasteiger partial charge in [-0.3, -0.25) is 9.69 Å². The lowest BCUT2D eigenvalue weighted by molar-refractivity contribution is -0.140. The van der Waals surface area contributed by atoms with E-state index in [1.54, 1.807) is 0 Å². The van der Waals surface area contributed by atoms with E-state index in [1.165, 1.54) is 25.7 Å². The summed E-state index contributed by atoms with van der Waals surface area (Å²) in [7, 11) is 0. The molecule has 2 aliphatic heterocycles. The van der Waals surface area contributed by atoms with Crippen LogP contribution in [0.25, 0.3) is 0 Å². The summed E-state index contributed by atoms with van der Waals surface area (Å²) in [5.74, 6) is 0.152. The summed E-state index contributed by atoms with van der Waals surface area (Å²) in [6.07, 6.45) is 7.82. The molecule has 0 unspecified atom stereocenters. The number of carbonyl (C=O) groups is 1. The summed E-state index contributed by atoms with van der Waals surface area (Å²) < 4.78 is 5.35. The van der Waals surface area contributed by atoms with Crippen LogP contribution in [0.5, 0.6) is 0 Å². The van der Waals surface area contributed by atoms with E-state index in [2.05, 4.69) is 4.90 Å². The molecule has 1 aliphatic carbocycles. The molecule has 3 aliphatic rings. The molecule has 0 bridgehead atoms. The Morgan fingerprint density at radius 3 is 2.26 bits per heavy atom. The van der Waals surface area contributed by atoms with Crippen molar-refractivity contribution in [2.24, 2.45) is 5.73 Å². The van der Waals surface area contributed by atoms with Crippen molar-refractivity contribution in [1.29, 1.82) is 0 Å². The third-order valence-electron chi connectivity index (χ3n) is 5.47. The number of hydrogen-bond acceptors (Lipinski definition) is 4. The first-order chi connectivity index (χ1) is 10.2. The number of amides is 1. The minimum atomic E-state index is -0.680. The van der Waals surface area contributed by atoms with Crippen molar-refractivity contribution in [2.75, 3.05) is 39.4 Å². The zero-order chi connectivity index (χ0) is 14.7. The van der Waals surface area contributed by atoms with Gasteiger partial charge in [-0.15, -0.1) is 24.8 Å². The first-order valence-electron chi connectivity index (χ1n) is 8.59. The van der Waals surface area contributed by atoms with Gasteiger partial charge in [0.05, 0.1) is 5.54 Å². The number of rotatable bonds is 2. The molecule has 0 spiro atoms. The first kappa shape index (κ1) is 21.0. The summed E-state index contributed by atoms with van der Waals surface area (Å²) in [5, 5.41) is 0. The van der Waals surface area contributed by atoms with E-state index in [-0.39, 0.29) is 30.7 Å². The Hall–Kier alpha value is -0.0700. The van der Waals surface area contributed by atoms with Gasteiger partial charge in [0.1, 0.15) is 0 Å². The van der Waals surface area contributed by atoms with Crippen molar-refractivity contribution in [3.63, 3.8) is 0 Å². The highest BCUT2D eigenvalue weighted by Crippen LogP contribution is 2.25. The van der Waals surface area contributed by atoms with Crippen molar-refractivity contribution in [3.05, 3.63) is 0 Å². The molecule has 2 heterocycles. The number of hydrogen-bond donors (Lipinski definition) is 1. The molecule has 2 N–H and O–H groups in total. The standard InChI is InChI=1S/C16H29N3O2.2ClH/c17-16(6-12-21-13-7-16)15(20)19-9-3-8-18(10-11-19)14-4-1-2-5-14;;/h14H,1-13,17H2;2*1H. The highest BCUT2D eigenvalue weighted by atomic mass is 35.5. The third-order valence-corrected chi connectivity index (χ3v) is 5.47. The predicted octanol–water partition coefficient (Wildman–Crippen LogP) is 1.81. The van der Waals surface area contributed by atoms with Crippen molar-refractivity contribution < 1.29 is 9.53 Å². The van der Waals surface area contributed by atoms with Crippen LogP contribution in [-0.4, -0.2) is 66.7 Å². The minimum absolute atomic E-state index is 0. The number of ether oxygens (including phenoxy) is 1. The summed E-state index contributed by atoms with van der Waals surface area (Å²) in [6.45, 7) is 5.09. The number of nitrogens with zero attached hydrogens (tertiary/aromatic N) is 2. The van der Waals surface area contributed by atoms with Gasteiger partial charge in [-0.1, -0.05) is 12.8 Å². The molecule has 1 amide bonds. The van der Waals surface area contributed by atoms with Gasteiger partial charge < -0.3 is 15.4 Å². The lowest BCUT2D eigenvalue weighted by atomic mass is 9.89. The van der Waals surface area contributed by atoms with Crippen LogP contribution in [0.1, 0.15) is 44.9 Å². The third kappa shape index (κ3) is 4.95. The van der Waals surface area contributed by atoms with Crippen molar-refractivity contribution in [3.8, 4) is 0 Å². The van der Waals surface area contributed by atoms with Gasteiger partial charge in [-0.25, -0.2) is 0 Å². The van der Waals surface area contributed by atoms with Crippen LogP contribution in [-0.2, 0) is 9.53 Å². The molecule has 7 heteroatoms. The summed E-state index contributed by atoms with van der Waals surface area (Å²) in [6, 6.07) is 0.759. The number of nitrogens with two attached hydrogens (primary N) is 1. The number of carbonyl (C=O) groups excluding carboxylic acids is 1. The van der Waals surface area contributed by atoms with Crippen LogP contribution in [0.4, 0.5) is 0 Å². The summed E-state index contributed by atoms with van der Waals surface area (Å²) in [5.41, 5.74) is 5.68. The maximum atomic E-state index is 12.8. The molecule has 0 atom stereocenters. The Morgan fingerprint density at radius 2 is 1.61 bits per heavy atom. The minimum Gasteiger partial charge on any atom is -0.381 e. The zero-order valence-corrected chi connectivity index (χ0v) is 15.5. The second-order valence-corrected chi connectivity index (χ2v) is 6.89. The van der Waals surface area contributed by atoms with Crippen LogP contribution in [0, 0.1) is 0 Å². The predicted molar refractivity (Wildman–Crippen MR) is 96.5 cm³/mol. The van der Waals surface area contributed by atoms with Gasteiger partial charge in [0.15, 0.2) is 0 Å². The van der Waals surface area contributed by atoms with Crippen molar-refractivity contribution in [1.82, 2.24) is 9.80 Å². The molecule has 5 nitrogen and oxygen atoms in total. The monoisotopic (exact) mass is 367 g/mol. The van der Waals surface area contributed by atoms with Gasteiger partial charge in [0, 0.05) is 45.4 Å². The van der Waals surface area contributed by atoms with Gasteiger partial charge in [0.25, 0.3) is 0 Å². The van der Waals surface area contributed by atoms with Crippen LogP contribution in [0.3, 0.4) is 0 Å². The van der Waals surface area contributed by atoms with E-state index in [9.17, 15) is 4.79 Å². The molecule has 3 rings (SSSR count). The fraction of sp³-hybridized carbons (Fsp3) is 0.938. The molecular formula is C16H31Cl2N3O2. The topological polar surface area (TPSA) is 58.8 Å². The summed E-state index contributed by atoms with van der Waals surface area (Å²) in [4.78, 5) is 17.4. The fourth-order valence-corrected chi connectivity index (χ4v) is 4.04. The molecule has 3 fully saturated rings. The normalized spacial score (nSPS) is 26.0. The molecular weight excluding hydrogens is 337 g/mol. The Bertz CT molecular complexity index is 372. The first-order valence-corrected chi connectivity index (χ1v) is 8.59. The highest BCUT2D eigenvalue weighted by Gasteiger charge is 2.39. The Labute approximate surface area is 152 Å². The van der Waals surface area contributed by atoms with E-state index in [4.69, 9.17) is 10.5 Å². The summed E-state index contributed by atoms with van der Waals surface area (Å²) >= 11 is 0. The Balaban J connectivity index is 0.00000132. The highest BCUT2D eigenvalue weighted by molar-refractivity contribution is 5.86. The lowest BCUT2D eigenvalue weighted by Gasteiger charge is -2.36. The molecule has 2 saturated heterocycles. The largest absolute Gasteiger partial charge is 0.381 e. The van der Waals surface area contributed by atoms with Gasteiger partial charge in [0.2, 0.25) is 5.91 Å². The Kier molecular flexibility index (Phi) is 8.59. The second-order valence-electron chi connectivity index (χ2n) is 6.89. The SMILES string of the molecule is Cl.Cl.NC1(C(=O)N2CCCN(C3CCCC3)CC2)CCOCC1. The van der Waals surface area contributed by atoms with E-state index < -0.39 is 5.54 Å². The molecule has 1 saturated carbocycles. The van der Waals surface area contributed by atoms with E-state index in [1.807, 2.05) is 4.90 Å². The smallest absolute Gasteiger partial charge is 0.242 e. The van der Waals surface area contributed by atoms with Crippen LogP contribution in [0.2, 0.25) is 0 Å². The van der Waals surface area contributed by atoms with Crippen LogP contribution >= 0.6 is 24.8 Å². The molecule has 0 radical (unpaired) electrons. The average molecular weight is 368 g/mol. The quantitative estimate of drug-likeness (QED) is 0.808. The molecule has 136 valence electrons. The average Bonchev–Trinajstić information content (AvgIpc) is 2.92. The van der Waals surface area contributed by atoms with Crippen LogP contribution in [0.15, 0.2) is 0 Å². The molecule has 0 aromatic heterocycles. The van der Waals surface area contributed by atoms with E-state index in [0.717, 1.165) is 38.6 Å². The van der Waals surface area contributed by atoms with Gasteiger partial charge in [-0.05, 0) is 32.1 Å². The maximum Gasteiger partial charge on any atom is 0.242 e. The van der Waals surface area contributed by atoms with E-state index in [0.29, 0.717) is 26.1 Å². The molecule has 0 aromatic rings. The van der Waals surface area contributed by atoms with E-state index >= 15 is 0 Å². The Morgan fingerprint density at radius 1 is 0.957 bits per heavy atom. The fourth-order valence-electron chi connectivity index (χ4n) is 4.04. The van der Waals surface area contributed by atoms with Gasteiger partial charge >= 0.3 is 0 Å². The van der Waals surface area contributed by atoms with Crippen molar-refractivity contribution in [2.45, 2.75) is 56.5 Å². The molecule has 23 heavy (non-hydrogen) atoms. The second kappa shape index (κ2) is 9.42. The molecule has 0 aromatic carbocycles. The lowest BCUT2D eigenvalue weighted by Crippen LogP contribution is -2.58. The number of halogens is 2.